The largest absolute Gasteiger partial charge is 0.467 e. The third-order valence-corrected chi connectivity index (χ3v) is 3.45. The Kier molecular flexibility index (Phi) is 7.10. The van der Waals surface area contributed by atoms with E-state index in [0.29, 0.717) is 10.2 Å². The van der Waals surface area contributed by atoms with Crippen LogP contribution in [0.4, 0.5) is 9.18 Å². The van der Waals surface area contributed by atoms with Gasteiger partial charge in [0.1, 0.15) is 11.6 Å². The minimum Gasteiger partial charge on any atom is -0.467 e. The number of furan rings is 1. The molecule has 0 saturated heterocycles. The smallest absolute Gasteiger partial charge is 0.331 e. The van der Waals surface area contributed by atoms with Crippen molar-refractivity contribution in [3.05, 3.63) is 64.3 Å². The van der Waals surface area contributed by atoms with Crippen molar-refractivity contribution in [3.63, 3.8) is 0 Å². The number of ether oxygens (including phenoxy) is 1. The molecule has 0 bridgehead atoms. The molecule has 26 heavy (non-hydrogen) atoms. The van der Waals surface area contributed by atoms with Crippen LogP contribution in [0.2, 0.25) is 0 Å². The molecule has 0 atom stereocenters. The highest BCUT2D eigenvalue weighted by molar-refractivity contribution is 9.10. The standard InChI is InChI=1S/C17H14BrFN2O5/c18-12-4-5-14(19)11(8-12)3-6-16(23)26-10-15(22)21-17(24)20-9-13-2-1-7-25-13/h1-8H,9-10H2,(H2,20,21,22,24)/b6-3+. The molecule has 0 unspecified atom stereocenters. The second kappa shape index (κ2) is 9.52. The number of carbonyl (C=O) groups is 3. The molecule has 1 aromatic carbocycles. The van der Waals surface area contributed by atoms with Gasteiger partial charge in [-0.15, -0.1) is 0 Å². The van der Waals surface area contributed by atoms with Crippen molar-refractivity contribution in [2.24, 2.45) is 0 Å². The van der Waals surface area contributed by atoms with Crippen LogP contribution in [0.25, 0.3) is 6.08 Å². The summed E-state index contributed by atoms with van der Waals surface area (Å²) in [7, 11) is 0. The summed E-state index contributed by atoms with van der Waals surface area (Å²) in [5.74, 6) is -1.65. The predicted octanol–water partition coefficient (Wildman–Crippen LogP) is 2.76. The third-order valence-electron chi connectivity index (χ3n) is 2.96. The van der Waals surface area contributed by atoms with Crippen LogP contribution >= 0.6 is 15.9 Å². The molecule has 2 rings (SSSR count). The van der Waals surface area contributed by atoms with E-state index in [4.69, 9.17) is 4.42 Å². The lowest BCUT2D eigenvalue weighted by Crippen LogP contribution is -2.41. The summed E-state index contributed by atoms with van der Waals surface area (Å²) in [6, 6.07) is 6.80. The van der Waals surface area contributed by atoms with E-state index in [1.807, 2.05) is 5.32 Å². The summed E-state index contributed by atoms with van der Waals surface area (Å²) in [4.78, 5) is 34.6. The highest BCUT2D eigenvalue weighted by atomic mass is 79.9. The van der Waals surface area contributed by atoms with Crippen molar-refractivity contribution in [2.75, 3.05) is 6.61 Å². The Morgan fingerprint density at radius 2 is 2.08 bits per heavy atom. The Bertz CT molecular complexity index is 821. The summed E-state index contributed by atoms with van der Waals surface area (Å²) in [6.45, 7) is -0.550. The molecule has 0 saturated carbocycles. The molecule has 0 aliphatic carbocycles. The van der Waals surface area contributed by atoms with E-state index >= 15 is 0 Å². The van der Waals surface area contributed by atoms with Crippen LogP contribution in [0.15, 0.2) is 51.6 Å². The van der Waals surface area contributed by atoms with Gasteiger partial charge in [-0.2, -0.15) is 0 Å². The number of hydrogen-bond acceptors (Lipinski definition) is 5. The van der Waals surface area contributed by atoms with Crippen molar-refractivity contribution < 1.29 is 27.9 Å². The molecule has 7 nitrogen and oxygen atoms in total. The molecule has 0 aliphatic rings. The van der Waals surface area contributed by atoms with Crippen LogP contribution in [-0.2, 0) is 20.9 Å². The molecular weight excluding hydrogens is 411 g/mol. The number of imide groups is 1. The van der Waals surface area contributed by atoms with Crippen LogP contribution in [0, 0.1) is 5.82 Å². The molecule has 2 N–H and O–H groups in total. The van der Waals surface area contributed by atoms with Gasteiger partial charge in [-0.25, -0.2) is 14.0 Å². The molecule has 0 aliphatic heterocycles. The summed E-state index contributed by atoms with van der Waals surface area (Å²) < 4.78 is 23.8. The monoisotopic (exact) mass is 424 g/mol. The molecule has 0 fully saturated rings. The van der Waals surface area contributed by atoms with Gasteiger partial charge >= 0.3 is 12.0 Å². The van der Waals surface area contributed by atoms with Gasteiger partial charge in [0.25, 0.3) is 5.91 Å². The summed E-state index contributed by atoms with van der Waals surface area (Å²) in [6.07, 6.45) is 3.65. The van der Waals surface area contributed by atoms with Crippen molar-refractivity contribution in [1.82, 2.24) is 10.6 Å². The van der Waals surface area contributed by atoms with Gasteiger partial charge in [-0.3, -0.25) is 10.1 Å². The lowest BCUT2D eigenvalue weighted by atomic mass is 10.2. The van der Waals surface area contributed by atoms with Crippen LogP contribution in [0.5, 0.6) is 0 Å². The van der Waals surface area contributed by atoms with Crippen LogP contribution < -0.4 is 10.6 Å². The minimum atomic E-state index is -0.851. The average Bonchev–Trinajstić information content (AvgIpc) is 3.12. The number of halogens is 2. The van der Waals surface area contributed by atoms with E-state index in [1.165, 1.54) is 30.5 Å². The molecule has 2 aromatic rings. The van der Waals surface area contributed by atoms with Crippen molar-refractivity contribution in [3.8, 4) is 0 Å². The van der Waals surface area contributed by atoms with E-state index in [0.717, 1.165) is 6.08 Å². The lowest BCUT2D eigenvalue weighted by Gasteiger charge is -2.05. The van der Waals surface area contributed by atoms with Crippen LogP contribution in [-0.4, -0.2) is 24.5 Å². The molecule has 136 valence electrons. The fraction of sp³-hybridized carbons (Fsp3) is 0.118. The first-order chi connectivity index (χ1) is 12.4. The number of esters is 1. The van der Waals surface area contributed by atoms with Gasteiger partial charge in [0.05, 0.1) is 12.8 Å². The number of hydrogen-bond donors (Lipinski definition) is 2. The fourth-order valence-electron chi connectivity index (χ4n) is 1.77. The SMILES string of the molecule is O=C(COC(=O)/C=C/c1cc(Br)ccc1F)NC(=O)NCc1ccco1. The molecule has 3 amide bonds. The highest BCUT2D eigenvalue weighted by Gasteiger charge is 2.10. The first-order valence-corrected chi connectivity index (χ1v) is 8.13. The number of urea groups is 1. The quantitative estimate of drug-likeness (QED) is 0.548. The van der Waals surface area contributed by atoms with Gasteiger partial charge in [0, 0.05) is 16.1 Å². The third kappa shape index (κ3) is 6.52. The number of carbonyl (C=O) groups excluding carboxylic acids is 3. The highest BCUT2D eigenvalue weighted by Crippen LogP contribution is 2.16. The number of amides is 3. The van der Waals surface area contributed by atoms with Gasteiger partial charge in [0.15, 0.2) is 6.61 Å². The number of rotatable bonds is 6. The Labute approximate surface area is 156 Å². The molecule has 0 spiro atoms. The number of benzene rings is 1. The Morgan fingerprint density at radius 3 is 2.81 bits per heavy atom. The number of nitrogens with one attached hydrogen (secondary N) is 2. The predicted molar refractivity (Wildman–Crippen MR) is 93.2 cm³/mol. The van der Waals surface area contributed by atoms with Crippen LogP contribution in [0.1, 0.15) is 11.3 Å². The second-order valence-electron chi connectivity index (χ2n) is 4.92. The van der Waals surface area contributed by atoms with Crippen LogP contribution in [0.3, 0.4) is 0 Å². The summed E-state index contributed by atoms with van der Waals surface area (Å²) in [5, 5.41) is 4.39. The maximum atomic E-state index is 13.5. The zero-order valence-electron chi connectivity index (χ0n) is 13.3. The average molecular weight is 425 g/mol. The van der Waals surface area contributed by atoms with E-state index in [-0.39, 0.29) is 12.1 Å². The molecule has 0 radical (unpaired) electrons. The van der Waals surface area contributed by atoms with E-state index in [1.54, 1.807) is 12.1 Å². The Morgan fingerprint density at radius 1 is 1.27 bits per heavy atom. The van der Waals surface area contributed by atoms with Gasteiger partial charge in [0.2, 0.25) is 0 Å². The van der Waals surface area contributed by atoms with Gasteiger partial charge < -0.3 is 14.5 Å². The topological polar surface area (TPSA) is 97.6 Å². The first-order valence-electron chi connectivity index (χ1n) is 7.34. The van der Waals surface area contributed by atoms with E-state index in [9.17, 15) is 18.8 Å². The zero-order chi connectivity index (χ0) is 18.9. The minimum absolute atomic E-state index is 0.104. The normalized spacial score (nSPS) is 10.5. The first kappa shape index (κ1) is 19.4. The molecular formula is C17H14BrFN2O5. The maximum Gasteiger partial charge on any atom is 0.331 e. The Balaban J connectivity index is 1.72. The van der Waals surface area contributed by atoms with Gasteiger partial charge in [-0.1, -0.05) is 15.9 Å². The van der Waals surface area contributed by atoms with E-state index in [2.05, 4.69) is 26.0 Å². The van der Waals surface area contributed by atoms with Gasteiger partial charge in [-0.05, 0) is 36.4 Å². The molecule has 9 heteroatoms. The zero-order valence-corrected chi connectivity index (χ0v) is 14.9. The second-order valence-corrected chi connectivity index (χ2v) is 5.83. The lowest BCUT2D eigenvalue weighted by molar-refractivity contribution is -0.143. The molecule has 1 heterocycles. The van der Waals surface area contributed by atoms with Crippen molar-refractivity contribution >= 4 is 39.9 Å². The molecule has 1 aromatic heterocycles. The maximum absolute atomic E-state index is 13.5. The summed E-state index contributed by atoms with van der Waals surface area (Å²) >= 11 is 3.19. The van der Waals surface area contributed by atoms with Crippen molar-refractivity contribution in [1.29, 1.82) is 0 Å². The Hall–Kier alpha value is -2.94. The van der Waals surface area contributed by atoms with Crippen molar-refractivity contribution in [2.45, 2.75) is 6.54 Å². The summed E-state index contributed by atoms with van der Waals surface area (Å²) in [5.41, 5.74) is 0.179. The van der Waals surface area contributed by atoms with E-state index < -0.39 is 30.3 Å². The fourth-order valence-corrected chi connectivity index (χ4v) is 2.15.